The van der Waals surface area contributed by atoms with Crippen molar-refractivity contribution in [1.29, 1.82) is 0 Å². The predicted molar refractivity (Wildman–Crippen MR) is 61.4 cm³/mol. The summed E-state index contributed by atoms with van der Waals surface area (Å²) in [6, 6.07) is 5.20. The fraction of sp³-hybridized carbons (Fsp3) is 0.182. The molecule has 3 nitrogen and oxygen atoms in total. The van der Waals surface area contributed by atoms with E-state index in [4.69, 9.17) is 16.3 Å². The first-order chi connectivity index (χ1) is 7.13. The van der Waals surface area contributed by atoms with Crippen molar-refractivity contribution in [3.8, 4) is 0 Å². The van der Waals surface area contributed by atoms with Gasteiger partial charge in [0, 0.05) is 10.7 Å². The first-order valence-corrected chi connectivity index (χ1v) is 4.82. The molecule has 1 amide bonds. The Kier molecular flexibility index (Phi) is 4.18. The molecular weight excluding hydrogens is 214 g/mol. The zero-order valence-electron chi connectivity index (χ0n) is 8.42. The van der Waals surface area contributed by atoms with Crippen LogP contribution in [0.3, 0.4) is 0 Å². The summed E-state index contributed by atoms with van der Waals surface area (Å²) in [5.41, 5.74) is 1.58. The number of ether oxygens (including phenoxy) is 1. The molecule has 0 heterocycles. The molecule has 0 aliphatic heterocycles. The summed E-state index contributed by atoms with van der Waals surface area (Å²) in [7, 11) is 0. The zero-order valence-corrected chi connectivity index (χ0v) is 9.17. The second kappa shape index (κ2) is 5.41. The number of hydrogen-bond acceptors (Lipinski definition) is 2. The van der Waals surface area contributed by atoms with Gasteiger partial charge in [-0.3, -0.25) is 5.32 Å². The molecule has 0 atom stereocenters. The molecule has 15 heavy (non-hydrogen) atoms. The first kappa shape index (κ1) is 11.6. The minimum absolute atomic E-state index is 0.193. The van der Waals surface area contributed by atoms with Crippen LogP contribution in [-0.2, 0) is 4.74 Å². The van der Waals surface area contributed by atoms with E-state index in [1.807, 2.05) is 6.92 Å². The van der Waals surface area contributed by atoms with Crippen LogP contribution >= 0.6 is 11.6 Å². The number of hydrogen-bond donors (Lipinski definition) is 1. The van der Waals surface area contributed by atoms with E-state index < -0.39 is 6.09 Å². The van der Waals surface area contributed by atoms with E-state index in [-0.39, 0.29) is 6.61 Å². The second-order valence-corrected chi connectivity index (χ2v) is 3.41. The number of carbonyl (C=O) groups excluding carboxylic acids is 1. The lowest BCUT2D eigenvalue weighted by atomic mass is 10.2. The van der Waals surface area contributed by atoms with Gasteiger partial charge >= 0.3 is 6.09 Å². The maximum atomic E-state index is 11.2. The monoisotopic (exact) mass is 225 g/mol. The molecule has 80 valence electrons. The van der Waals surface area contributed by atoms with Crippen LogP contribution in [0.2, 0.25) is 5.02 Å². The van der Waals surface area contributed by atoms with Crippen LogP contribution in [-0.4, -0.2) is 12.7 Å². The Morgan fingerprint density at radius 1 is 1.67 bits per heavy atom. The van der Waals surface area contributed by atoms with Crippen LogP contribution in [0, 0.1) is 6.92 Å². The summed E-state index contributed by atoms with van der Waals surface area (Å²) in [6.45, 7) is 5.50. The average molecular weight is 226 g/mol. The Morgan fingerprint density at radius 3 is 3.00 bits per heavy atom. The van der Waals surface area contributed by atoms with Crippen molar-refractivity contribution in [2.45, 2.75) is 6.92 Å². The SMILES string of the molecule is C=CCOC(=O)Nc1ccc(Cl)cc1C. The van der Waals surface area contributed by atoms with Crippen LogP contribution in [0.1, 0.15) is 5.56 Å². The molecule has 0 aromatic heterocycles. The van der Waals surface area contributed by atoms with Gasteiger partial charge < -0.3 is 4.74 Å². The molecular formula is C11H12ClNO2. The number of amides is 1. The van der Waals surface area contributed by atoms with E-state index in [1.165, 1.54) is 6.08 Å². The van der Waals surface area contributed by atoms with E-state index >= 15 is 0 Å². The van der Waals surface area contributed by atoms with Gasteiger partial charge in [0.2, 0.25) is 0 Å². The lowest BCUT2D eigenvalue weighted by Gasteiger charge is -2.08. The number of benzene rings is 1. The first-order valence-electron chi connectivity index (χ1n) is 4.44. The highest BCUT2D eigenvalue weighted by atomic mass is 35.5. The molecule has 0 bridgehead atoms. The molecule has 0 saturated heterocycles. The highest BCUT2D eigenvalue weighted by molar-refractivity contribution is 6.30. The van der Waals surface area contributed by atoms with Crippen molar-refractivity contribution in [2.24, 2.45) is 0 Å². The maximum absolute atomic E-state index is 11.2. The molecule has 1 aromatic rings. The number of halogens is 1. The van der Waals surface area contributed by atoms with Gasteiger partial charge in [-0.05, 0) is 30.7 Å². The maximum Gasteiger partial charge on any atom is 0.411 e. The Balaban J connectivity index is 2.64. The summed E-state index contributed by atoms with van der Waals surface area (Å²) in [5.74, 6) is 0. The van der Waals surface area contributed by atoms with E-state index in [0.29, 0.717) is 10.7 Å². The summed E-state index contributed by atoms with van der Waals surface area (Å²) in [4.78, 5) is 11.2. The van der Waals surface area contributed by atoms with Gasteiger partial charge in [-0.2, -0.15) is 0 Å². The van der Waals surface area contributed by atoms with Crippen molar-refractivity contribution >= 4 is 23.4 Å². The standard InChI is InChI=1S/C11H12ClNO2/c1-3-6-15-11(14)13-10-5-4-9(12)7-8(10)2/h3-5,7H,1,6H2,2H3,(H,13,14). The smallest absolute Gasteiger partial charge is 0.411 e. The van der Waals surface area contributed by atoms with Gasteiger partial charge in [0.1, 0.15) is 6.61 Å². The van der Waals surface area contributed by atoms with E-state index in [2.05, 4.69) is 11.9 Å². The number of nitrogens with one attached hydrogen (secondary N) is 1. The number of rotatable bonds is 3. The van der Waals surface area contributed by atoms with Crippen molar-refractivity contribution in [3.05, 3.63) is 41.4 Å². The van der Waals surface area contributed by atoms with Crippen molar-refractivity contribution in [1.82, 2.24) is 0 Å². The van der Waals surface area contributed by atoms with Crippen LogP contribution in [0.4, 0.5) is 10.5 Å². The fourth-order valence-corrected chi connectivity index (χ4v) is 1.27. The Bertz CT molecular complexity index is 377. The number of carbonyl (C=O) groups is 1. The van der Waals surface area contributed by atoms with Crippen LogP contribution in [0.5, 0.6) is 0 Å². The van der Waals surface area contributed by atoms with Crippen molar-refractivity contribution in [2.75, 3.05) is 11.9 Å². The van der Waals surface area contributed by atoms with Crippen molar-refractivity contribution < 1.29 is 9.53 Å². The minimum atomic E-state index is -0.500. The Labute approximate surface area is 93.7 Å². The summed E-state index contributed by atoms with van der Waals surface area (Å²) in [5, 5.41) is 3.24. The number of anilines is 1. The van der Waals surface area contributed by atoms with Crippen LogP contribution in [0.15, 0.2) is 30.9 Å². The van der Waals surface area contributed by atoms with Gasteiger partial charge in [0.05, 0.1) is 0 Å². The van der Waals surface area contributed by atoms with Gasteiger partial charge in [0.15, 0.2) is 0 Å². The molecule has 0 fully saturated rings. The molecule has 0 unspecified atom stereocenters. The van der Waals surface area contributed by atoms with E-state index in [1.54, 1.807) is 18.2 Å². The molecule has 0 aliphatic rings. The van der Waals surface area contributed by atoms with Crippen molar-refractivity contribution in [3.63, 3.8) is 0 Å². The summed E-state index contributed by atoms with van der Waals surface area (Å²) >= 11 is 5.78. The van der Waals surface area contributed by atoms with Gasteiger partial charge in [-0.1, -0.05) is 24.3 Å². The number of aryl methyl sites for hydroxylation is 1. The molecule has 4 heteroatoms. The lowest BCUT2D eigenvalue weighted by Crippen LogP contribution is -2.14. The Morgan fingerprint density at radius 2 is 2.40 bits per heavy atom. The predicted octanol–water partition coefficient (Wildman–Crippen LogP) is 3.38. The normalized spacial score (nSPS) is 9.47. The average Bonchev–Trinajstić information content (AvgIpc) is 2.19. The molecule has 0 saturated carbocycles. The van der Waals surface area contributed by atoms with E-state index in [9.17, 15) is 4.79 Å². The van der Waals surface area contributed by atoms with Gasteiger partial charge in [-0.15, -0.1) is 0 Å². The Hall–Kier alpha value is -1.48. The third-order valence-corrected chi connectivity index (χ3v) is 1.99. The molecule has 0 aliphatic carbocycles. The van der Waals surface area contributed by atoms with E-state index in [0.717, 1.165) is 5.56 Å². The molecule has 0 radical (unpaired) electrons. The minimum Gasteiger partial charge on any atom is -0.445 e. The molecule has 0 spiro atoms. The quantitative estimate of drug-likeness (QED) is 0.801. The van der Waals surface area contributed by atoms with Crippen LogP contribution in [0.25, 0.3) is 0 Å². The summed E-state index contributed by atoms with van der Waals surface area (Å²) in [6.07, 6.45) is 1.01. The van der Waals surface area contributed by atoms with Crippen LogP contribution < -0.4 is 5.32 Å². The van der Waals surface area contributed by atoms with Gasteiger partial charge in [-0.25, -0.2) is 4.79 Å². The fourth-order valence-electron chi connectivity index (χ4n) is 1.05. The van der Waals surface area contributed by atoms with Gasteiger partial charge in [0.25, 0.3) is 0 Å². The zero-order chi connectivity index (χ0) is 11.3. The third-order valence-electron chi connectivity index (χ3n) is 1.76. The topological polar surface area (TPSA) is 38.3 Å². The summed E-state index contributed by atoms with van der Waals surface area (Å²) < 4.78 is 4.78. The highest BCUT2D eigenvalue weighted by Gasteiger charge is 2.04. The largest absolute Gasteiger partial charge is 0.445 e. The lowest BCUT2D eigenvalue weighted by molar-refractivity contribution is 0.174. The third kappa shape index (κ3) is 3.64. The highest BCUT2D eigenvalue weighted by Crippen LogP contribution is 2.19. The molecule has 1 rings (SSSR count). The molecule has 1 aromatic carbocycles. The molecule has 1 N–H and O–H groups in total. The second-order valence-electron chi connectivity index (χ2n) is 2.97.